The van der Waals surface area contributed by atoms with Crippen molar-refractivity contribution in [1.29, 1.82) is 0 Å². The second-order valence-electron chi connectivity index (χ2n) is 5.55. The minimum absolute atomic E-state index is 0.469. The Morgan fingerprint density at radius 1 is 1.29 bits per heavy atom. The lowest BCUT2D eigenvalue weighted by atomic mass is 9.81. The van der Waals surface area contributed by atoms with Crippen molar-refractivity contribution in [3.63, 3.8) is 0 Å². The number of fused-ring (bicyclic) bond motifs is 2. The van der Waals surface area contributed by atoms with E-state index >= 15 is 0 Å². The summed E-state index contributed by atoms with van der Waals surface area (Å²) in [7, 11) is 0. The van der Waals surface area contributed by atoms with Crippen LogP contribution in [0.15, 0.2) is 18.7 Å². The molecule has 2 bridgehead atoms. The number of hydrogen-bond acceptors (Lipinski definition) is 3. The van der Waals surface area contributed by atoms with Gasteiger partial charge in [-0.1, -0.05) is 13.3 Å². The minimum atomic E-state index is 0.469. The molecule has 0 aromatic carbocycles. The molecule has 3 nitrogen and oxygen atoms in total. The zero-order valence-corrected chi connectivity index (χ0v) is 10.5. The number of hydrogen-bond donors (Lipinski definition) is 1. The second-order valence-corrected chi connectivity index (χ2v) is 5.55. The smallest absolute Gasteiger partial charge is 0.115 e. The highest BCUT2D eigenvalue weighted by atomic mass is 14.9. The number of nitrogens with zero attached hydrogens (tertiary/aromatic N) is 2. The van der Waals surface area contributed by atoms with Gasteiger partial charge in [-0.2, -0.15) is 0 Å². The monoisotopic (exact) mass is 231 g/mol. The minimum Gasteiger partial charge on any atom is -0.310 e. The van der Waals surface area contributed by atoms with E-state index in [1.165, 1.54) is 31.2 Å². The van der Waals surface area contributed by atoms with Gasteiger partial charge in [0.2, 0.25) is 0 Å². The molecule has 4 atom stereocenters. The van der Waals surface area contributed by atoms with Gasteiger partial charge >= 0.3 is 0 Å². The van der Waals surface area contributed by atoms with Crippen molar-refractivity contribution in [1.82, 2.24) is 15.3 Å². The third-order valence-electron chi connectivity index (χ3n) is 4.58. The van der Waals surface area contributed by atoms with Crippen molar-refractivity contribution in [2.24, 2.45) is 17.8 Å². The van der Waals surface area contributed by atoms with Crippen LogP contribution in [0, 0.1) is 17.8 Å². The lowest BCUT2D eigenvalue weighted by molar-refractivity contribution is 0.252. The van der Waals surface area contributed by atoms with E-state index in [1.54, 1.807) is 6.33 Å². The van der Waals surface area contributed by atoms with Crippen molar-refractivity contribution in [2.45, 2.75) is 38.6 Å². The molecule has 2 fully saturated rings. The number of nitrogens with one attached hydrogen (secondary N) is 1. The molecule has 0 radical (unpaired) electrons. The van der Waals surface area contributed by atoms with Crippen LogP contribution in [0.1, 0.15) is 44.2 Å². The summed E-state index contributed by atoms with van der Waals surface area (Å²) in [6.45, 7) is 3.21. The highest BCUT2D eigenvalue weighted by Gasteiger charge is 2.43. The fourth-order valence-electron chi connectivity index (χ4n) is 3.91. The Kier molecular flexibility index (Phi) is 3.10. The highest BCUT2D eigenvalue weighted by Crippen LogP contribution is 2.52. The van der Waals surface area contributed by atoms with Gasteiger partial charge in [0.15, 0.2) is 0 Å². The summed E-state index contributed by atoms with van der Waals surface area (Å²) < 4.78 is 0. The van der Waals surface area contributed by atoms with Gasteiger partial charge in [-0.15, -0.1) is 0 Å². The fourth-order valence-corrected chi connectivity index (χ4v) is 3.91. The Balaban J connectivity index is 1.81. The van der Waals surface area contributed by atoms with E-state index < -0.39 is 0 Å². The van der Waals surface area contributed by atoms with Crippen LogP contribution in [-0.4, -0.2) is 16.5 Å². The van der Waals surface area contributed by atoms with Crippen LogP contribution in [0.3, 0.4) is 0 Å². The first kappa shape index (κ1) is 11.1. The van der Waals surface area contributed by atoms with E-state index in [4.69, 9.17) is 0 Å². The highest BCUT2D eigenvalue weighted by molar-refractivity contribution is 5.13. The molecule has 3 rings (SSSR count). The molecular formula is C14H21N3. The zero-order valence-electron chi connectivity index (χ0n) is 10.5. The van der Waals surface area contributed by atoms with Gasteiger partial charge in [0.25, 0.3) is 0 Å². The van der Waals surface area contributed by atoms with E-state index in [-0.39, 0.29) is 0 Å². The number of rotatable bonds is 4. The predicted molar refractivity (Wildman–Crippen MR) is 67.4 cm³/mol. The molecule has 17 heavy (non-hydrogen) atoms. The quantitative estimate of drug-likeness (QED) is 0.865. The molecule has 3 heteroatoms. The van der Waals surface area contributed by atoms with Gasteiger partial charge < -0.3 is 5.32 Å². The van der Waals surface area contributed by atoms with Crippen LogP contribution < -0.4 is 5.32 Å². The van der Waals surface area contributed by atoms with Crippen molar-refractivity contribution < 1.29 is 0 Å². The lowest BCUT2D eigenvalue weighted by Gasteiger charge is -2.31. The molecule has 1 aromatic heterocycles. The molecule has 0 spiro atoms. The molecule has 2 saturated carbocycles. The summed E-state index contributed by atoms with van der Waals surface area (Å²) in [5, 5.41) is 3.65. The summed E-state index contributed by atoms with van der Waals surface area (Å²) in [6, 6.07) is 0.469. The Bertz CT molecular complexity index is 365. The largest absolute Gasteiger partial charge is 0.310 e. The van der Waals surface area contributed by atoms with Crippen molar-refractivity contribution in [3.05, 3.63) is 24.3 Å². The Morgan fingerprint density at radius 2 is 2.12 bits per heavy atom. The first-order chi connectivity index (χ1) is 8.38. The van der Waals surface area contributed by atoms with E-state index in [9.17, 15) is 0 Å². The molecule has 0 aliphatic heterocycles. The summed E-state index contributed by atoms with van der Waals surface area (Å²) in [5.41, 5.74) is 1.27. The van der Waals surface area contributed by atoms with Crippen LogP contribution in [0.25, 0.3) is 0 Å². The summed E-state index contributed by atoms with van der Waals surface area (Å²) in [4.78, 5) is 8.34. The van der Waals surface area contributed by atoms with Gasteiger partial charge in [-0.25, -0.2) is 9.97 Å². The molecule has 92 valence electrons. The SMILES string of the molecule is CCNC(c1cncnc1)C1CC2CCC1C2. The van der Waals surface area contributed by atoms with Gasteiger partial charge in [0, 0.05) is 24.0 Å². The molecule has 1 heterocycles. The topological polar surface area (TPSA) is 37.8 Å². The fraction of sp³-hybridized carbons (Fsp3) is 0.714. The average Bonchev–Trinajstić information content (AvgIpc) is 2.99. The summed E-state index contributed by atoms with van der Waals surface area (Å²) >= 11 is 0. The Hall–Kier alpha value is -0.960. The summed E-state index contributed by atoms with van der Waals surface area (Å²) in [5.74, 6) is 2.74. The van der Waals surface area contributed by atoms with Crippen LogP contribution in [-0.2, 0) is 0 Å². The molecule has 1 aromatic rings. The Labute approximate surface area is 103 Å². The third kappa shape index (κ3) is 2.08. The van der Waals surface area contributed by atoms with Crippen LogP contribution in [0.4, 0.5) is 0 Å². The standard InChI is InChI=1S/C14H21N3/c1-2-17-14(12-7-15-9-16-8-12)13-6-10-3-4-11(13)5-10/h7-11,13-14,17H,2-6H2,1H3. The molecule has 4 unspecified atom stereocenters. The van der Waals surface area contributed by atoms with E-state index in [2.05, 4.69) is 22.2 Å². The molecule has 0 saturated heterocycles. The lowest BCUT2D eigenvalue weighted by Crippen LogP contribution is -2.31. The molecular weight excluding hydrogens is 210 g/mol. The van der Waals surface area contributed by atoms with Gasteiger partial charge in [-0.3, -0.25) is 0 Å². The molecule has 2 aliphatic rings. The van der Waals surface area contributed by atoms with Crippen molar-refractivity contribution in [3.8, 4) is 0 Å². The van der Waals surface area contributed by atoms with E-state index in [0.717, 1.165) is 24.3 Å². The third-order valence-corrected chi connectivity index (χ3v) is 4.58. The number of aromatic nitrogens is 2. The zero-order chi connectivity index (χ0) is 11.7. The summed E-state index contributed by atoms with van der Waals surface area (Å²) in [6.07, 6.45) is 11.3. The Morgan fingerprint density at radius 3 is 2.71 bits per heavy atom. The van der Waals surface area contributed by atoms with Gasteiger partial charge in [-0.05, 0) is 43.6 Å². The van der Waals surface area contributed by atoms with Crippen molar-refractivity contribution in [2.75, 3.05) is 6.54 Å². The molecule has 1 N–H and O–H groups in total. The van der Waals surface area contributed by atoms with Crippen LogP contribution >= 0.6 is 0 Å². The predicted octanol–water partition coefficient (Wildman–Crippen LogP) is 2.56. The maximum Gasteiger partial charge on any atom is 0.115 e. The molecule has 2 aliphatic carbocycles. The maximum atomic E-state index is 4.17. The normalized spacial score (nSPS) is 32.9. The van der Waals surface area contributed by atoms with Crippen LogP contribution in [0.5, 0.6) is 0 Å². The van der Waals surface area contributed by atoms with Crippen LogP contribution in [0.2, 0.25) is 0 Å². The van der Waals surface area contributed by atoms with E-state index in [0.29, 0.717) is 6.04 Å². The van der Waals surface area contributed by atoms with Gasteiger partial charge in [0.1, 0.15) is 6.33 Å². The van der Waals surface area contributed by atoms with E-state index in [1.807, 2.05) is 12.4 Å². The van der Waals surface area contributed by atoms with Crippen molar-refractivity contribution >= 4 is 0 Å². The second kappa shape index (κ2) is 4.73. The first-order valence-electron chi connectivity index (χ1n) is 6.86. The average molecular weight is 231 g/mol. The molecule has 0 amide bonds. The van der Waals surface area contributed by atoms with Gasteiger partial charge in [0.05, 0.1) is 0 Å². The first-order valence-corrected chi connectivity index (χ1v) is 6.86. The maximum absolute atomic E-state index is 4.17.